The van der Waals surface area contributed by atoms with Crippen molar-refractivity contribution in [1.82, 2.24) is 10.2 Å². The Hall–Kier alpha value is -2.78. The monoisotopic (exact) mass is 563 g/mol. The Labute approximate surface area is 231 Å². The lowest BCUT2D eigenvalue weighted by Gasteiger charge is -2.34. The van der Waals surface area contributed by atoms with E-state index in [1.54, 1.807) is 6.07 Å². The Bertz CT molecular complexity index is 1210. The Morgan fingerprint density at radius 2 is 1.76 bits per heavy atom. The number of hydrogen-bond acceptors (Lipinski definition) is 5. The van der Waals surface area contributed by atoms with E-state index in [0.717, 1.165) is 53.8 Å². The molecule has 1 aliphatic carbocycles. The molecule has 0 aliphatic heterocycles. The maximum Gasteiger partial charge on any atom is 0.244 e. The Morgan fingerprint density at radius 3 is 2.32 bits per heavy atom. The molecule has 0 bridgehead atoms. The lowest BCUT2D eigenvalue weighted by atomic mass is 9.95. The standard InChI is InChI=1S/C28H38ClN3O5S/c1-5-25(28(34)30-22-9-7-6-8-10-22)31(18-21-13-11-20(2)12-14-21)27(33)19-32(38(4,35)36)23-15-16-26(37-3)24(29)17-23/h11-17,22,25H,5-10,18-19H2,1-4H3,(H,30,34). The summed E-state index contributed by atoms with van der Waals surface area (Å²) < 4.78 is 31.8. The van der Waals surface area contributed by atoms with E-state index in [4.69, 9.17) is 16.3 Å². The molecule has 1 fully saturated rings. The number of halogens is 1. The molecule has 0 heterocycles. The van der Waals surface area contributed by atoms with Crippen LogP contribution in [0.3, 0.4) is 0 Å². The molecule has 38 heavy (non-hydrogen) atoms. The van der Waals surface area contributed by atoms with E-state index >= 15 is 0 Å². The normalized spacial score (nSPS) is 15.0. The second-order valence-electron chi connectivity index (χ2n) is 9.86. The lowest BCUT2D eigenvalue weighted by Crippen LogP contribution is -2.53. The van der Waals surface area contributed by atoms with Gasteiger partial charge in [-0.15, -0.1) is 0 Å². The van der Waals surface area contributed by atoms with Gasteiger partial charge in [-0.1, -0.05) is 67.6 Å². The van der Waals surface area contributed by atoms with E-state index in [1.165, 1.54) is 24.1 Å². The van der Waals surface area contributed by atoms with Crippen LogP contribution in [0.15, 0.2) is 42.5 Å². The topological polar surface area (TPSA) is 96.0 Å². The Balaban J connectivity index is 1.92. The van der Waals surface area contributed by atoms with Gasteiger partial charge < -0.3 is 15.0 Å². The van der Waals surface area contributed by atoms with Crippen molar-refractivity contribution in [2.24, 2.45) is 0 Å². The Kier molecular flexibility index (Phi) is 10.4. The molecular weight excluding hydrogens is 526 g/mol. The second kappa shape index (κ2) is 13.3. The number of amides is 2. The maximum atomic E-state index is 13.8. The predicted octanol–water partition coefficient (Wildman–Crippen LogP) is 4.68. The minimum absolute atomic E-state index is 0.0931. The number of rotatable bonds is 11. The third-order valence-electron chi connectivity index (χ3n) is 6.91. The van der Waals surface area contributed by atoms with Crippen LogP contribution in [0.2, 0.25) is 5.02 Å². The largest absolute Gasteiger partial charge is 0.495 e. The number of sulfonamides is 1. The minimum Gasteiger partial charge on any atom is -0.495 e. The van der Waals surface area contributed by atoms with Gasteiger partial charge in [-0.2, -0.15) is 0 Å². The lowest BCUT2D eigenvalue weighted by molar-refractivity contribution is -0.140. The highest BCUT2D eigenvalue weighted by Crippen LogP contribution is 2.30. The number of aryl methyl sites for hydroxylation is 1. The van der Waals surface area contributed by atoms with Gasteiger partial charge in [0, 0.05) is 12.6 Å². The van der Waals surface area contributed by atoms with Crippen molar-refractivity contribution in [3.8, 4) is 5.75 Å². The molecule has 10 heteroatoms. The number of nitrogens with one attached hydrogen (secondary N) is 1. The first-order valence-corrected chi connectivity index (χ1v) is 15.2. The summed E-state index contributed by atoms with van der Waals surface area (Å²) in [4.78, 5) is 28.8. The van der Waals surface area contributed by atoms with Crippen molar-refractivity contribution in [2.45, 2.75) is 71.0 Å². The van der Waals surface area contributed by atoms with E-state index in [1.807, 2.05) is 38.1 Å². The number of methoxy groups -OCH3 is 1. The zero-order valence-electron chi connectivity index (χ0n) is 22.6. The average Bonchev–Trinajstić information content (AvgIpc) is 2.88. The predicted molar refractivity (Wildman–Crippen MR) is 151 cm³/mol. The smallest absolute Gasteiger partial charge is 0.244 e. The summed E-state index contributed by atoms with van der Waals surface area (Å²) in [6.45, 7) is 3.54. The molecular formula is C28H38ClN3O5S. The third kappa shape index (κ3) is 7.86. The van der Waals surface area contributed by atoms with Gasteiger partial charge in [0.15, 0.2) is 0 Å². The van der Waals surface area contributed by atoms with E-state index in [9.17, 15) is 18.0 Å². The number of benzene rings is 2. The highest BCUT2D eigenvalue weighted by molar-refractivity contribution is 7.92. The van der Waals surface area contributed by atoms with Crippen molar-refractivity contribution in [3.63, 3.8) is 0 Å². The fourth-order valence-corrected chi connectivity index (χ4v) is 5.87. The SMILES string of the molecule is CCC(C(=O)NC1CCCCC1)N(Cc1ccc(C)cc1)C(=O)CN(c1ccc(OC)c(Cl)c1)S(C)(=O)=O. The number of hydrogen-bond donors (Lipinski definition) is 1. The second-order valence-corrected chi connectivity index (χ2v) is 12.2. The number of anilines is 1. The Morgan fingerprint density at radius 1 is 1.11 bits per heavy atom. The highest BCUT2D eigenvalue weighted by Gasteiger charge is 2.33. The van der Waals surface area contributed by atoms with Gasteiger partial charge in [0.25, 0.3) is 0 Å². The first-order chi connectivity index (χ1) is 18.0. The van der Waals surface area contributed by atoms with Gasteiger partial charge in [-0.3, -0.25) is 13.9 Å². The molecule has 2 aromatic carbocycles. The van der Waals surface area contributed by atoms with Crippen molar-refractivity contribution < 1.29 is 22.7 Å². The molecule has 1 saturated carbocycles. The summed E-state index contributed by atoms with van der Waals surface area (Å²) in [7, 11) is -2.39. The van der Waals surface area contributed by atoms with Gasteiger partial charge >= 0.3 is 0 Å². The molecule has 1 aliphatic rings. The number of nitrogens with zero attached hydrogens (tertiary/aromatic N) is 2. The van der Waals surface area contributed by atoms with Crippen LogP contribution in [0.25, 0.3) is 0 Å². The van der Waals surface area contributed by atoms with E-state index in [-0.39, 0.29) is 29.2 Å². The molecule has 0 saturated heterocycles. The summed E-state index contributed by atoms with van der Waals surface area (Å²) in [5.74, 6) is -0.298. The van der Waals surface area contributed by atoms with E-state index < -0.39 is 28.5 Å². The summed E-state index contributed by atoms with van der Waals surface area (Å²) in [6, 6.07) is 11.6. The van der Waals surface area contributed by atoms with Crippen LogP contribution >= 0.6 is 11.6 Å². The zero-order chi connectivity index (χ0) is 27.9. The first-order valence-electron chi connectivity index (χ1n) is 13.0. The van der Waals surface area contributed by atoms with Crippen LogP contribution in [-0.2, 0) is 26.2 Å². The van der Waals surface area contributed by atoms with Gasteiger partial charge in [0.2, 0.25) is 21.8 Å². The molecule has 1 atom stereocenters. The first kappa shape index (κ1) is 29.8. The summed E-state index contributed by atoms with van der Waals surface area (Å²) >= 11 is 6.26. The number of carbonyl (C=O) groups excluding carboxylic acids is 2. The fraction of sp³-hybridized carbons (Fsp3) is 0.500. The molecule has 208 valence electrons. The van der Waals surface area contributed by atoms with Gasteiger partial charge in [-0.25, -0.2) is 8.42 Å². The minimum atomic E-state index is -3.85. The fourth-order valence-electron chi connectivity index (χ4n) is 4.78. The van der Waals surface area contributed by atoms with Crippen LogP contribution in [-0.4, -0.2) is 57.1 Å². The van der Waals surface area contributed by atoms with Gasteiger partial charge in [0.05, 0.1) is 24.1 Å². The van der Waals surface area contributed by atoms with Crippen LogP contribution < -0.4 is 14.4 Å². The van der Waals surface area contributed by atoms with Crippen molar-refractivity contribution in [1.29, 1.82) is 0 Å². The maximum absolute atomic E-state index is 13.8. The summed E-state index contributed by atoms with van der Waals surface area (Å²) in [5, 5.41) is 3.36. The van der Waals surface area contributed by atoms with E-state index in [0.29, 0.717) is 12.2 Å². The molecule has 2 amide bonds. The zero-order valence-corrected chi connectivity index (χ0v) is 24.1. The molecule has 8 nitrogen and oxygen atoms in total. The average molecular weight is 564 g/mol. The molecule has 0 aromatic heterocycles. The van der Waals surface area contributed by atoms with Crippen LogP contribution in [0, 0.1) is 6.92 Å². The van der Waals surface area contributed by atoms with Gasteiger partial charge in [-0.05, 0) is 49.9 Å². The van der Waals surface area contributed by atoms with Crippen LogP contribution in [0.5, 0.6) is 5.75 Å². The van der Waals surface area contributed by atoms with Crippen molar-refractivity contribution in [2.75, 3.05) is 24.2 Å². The van der Waals surface area contributed by atoms with Crippen LogP contribution in [0.4, 0.5) is 5.69 Å². The number of ether oxygens (including phenoxy) is 1. The van der Waals surface area contributed by atoms with E-state index in [2.05, 4.69) is 5.32 Å². The van der Waals surface area contributed by atoms with Crippen LogP contribution in [0.1, 0.15) is 56.6 Å². The summed E-state index contributed by atoms with van der Waals surface area (Å²) in [5.41, 5.74) is 2.17. The molecule has 0 radical (unpaired) electrons. The molecule has 1 unspecified atom stereocenters. The third-order valence-corrected chi connectivity index (χ3v) is 8.35. The molecule has 2 aromatic rings. The van der Waals surface area contributed by atoms with Crippen molar-refractivity contribution in [3.05, 3.63) is 58.6 Å². The quantitative estimate of drug-likeness (QED) is 0.428. The highest BCUT2D eigenvalue weighted by atomic mass is 35.5. The van der Waals surface area contributed by atoms with Crippen molar-refractivity contribution >= 4 is 39.1 Å². The molecule has 1 N–H and O–H groups in total. The summed E-state index contributed by atoms with van der Waals surface area (Å²) in [6.07, 6.45) is 6.59. The molecule has 3 rings (SSSR count). The number of carbonyl (C=O) groups is 2. The molecule has 0 spiro atoms. The van der Waals surface area contributed by atoms with Gasteiger partial charge in [0.1, 0.15) is 18.3 Å².